The van der Waals surface area contributed by atoms with Gasteiger partial charge in [-0.1, -0.05) is 0 Å². The van der Waals surface area contributed by atoms with Gasteiger partial charge in [0, 0.05) is 25.6 Å². The van der Waals surface area contributed by atoms with E-state index in [2.05, 4.69) is 0 Å². The molecule has 0 aromatic heterocycles. The molecule has 0 unspecified atom stereocenters. The van der Waals surface area contributed by atoms with Crippen molar-refractivity contribution in [3.8, 4) is 0 Å². The Kier molecular flexibility index (Phi) is 4.90. The number of aliphatic hydroxyl groups excluding tert-OH is 1. The molecule has 0 saturated carbocycles. The first-order chi connectivity index (χ1) is 9.38. The summed E-state index contributed by atoms with van der Waals surface area (Å²) < 4.78 is 36.8. The maximum absolute atomic E-state index is 12.3. The molecule has 0 aromatic rings. The highest BCUT2D eigenvalue weighted by atomic mass is 19.4. The Balaban J connectivity index is 1.76. The SMILES string of the molecule is O=C(C1CCN(C[C@H](O)C(F)(F)F)CC1)N1CCCC1. The summed E-state index contributed by atoms with van der Waals surface area (Å²) in [6, 6.07) is 0. The zero-order valence-electron chi connectivity index (χ0n) is 11.4. The maximum Gasteiger partial charge on any atom is 0.415 e. The van der Waals surface area contributed by atoms with Gasteiger partial charge in [-0.15, -0.1) is 0 Å². The zero-order chi connectivity index (χ0) is 14.8. The molecule has 1 atom stereocenters. The molecule has 2 heterocycles. The van der Waals surface area contributed by atoms with Gasteiger partial charge in [0.05, 0.1) is 0 Å². The third-order valence-corrected chi connectivity index (χ3v) is 4.16. The third kappa shape index (κ3) is 3.85. The van der Waals surface area contributed by atoms with Crippen LogP contribution in [0.25, 0.3) is 0 Å². The van der Waals surface area contributed by atoms with E-state index in [0.29, 0.717) is 25.9 Å². The van der Waals surface area contributed by atoms with E-state index < -0.39 is 18.8 Å². The van der Waals surface area contributed by atoms with Gasteiger partial charge in [0.2, 0.25) is 5.91 Å². The largest absolute Gasteiger partial charge is 0.415 e. The van der Waals surface area contributed by atoms with E-state index in [-0.39, 0.29) is 11.8 Å². The Morgan fingerprint density at radius 1 is 1.15 bits per heavy atom. The summed E-state index contributed by atoms with van der Waals surface area (Å²) in [4.78, 5) is 15.6. The van der Waals surface area contributed by atoms with Crippen LogP contribution in [0.5, 0.6) is 0 Å². The van der Waals surface area contributed by atoms with E-state index in [1.807, 2.05) is 4.90 Å². The summed E-state index contributed by atoms with van der Waals surface area (Å²) >= 11 is 0. The number of alkyl halides is 3. The van der Waals surface area contributed by atoms with Crippen molar-refractivity contribution < 1.29 is 23.1 Å². The Bertz CT molecular complexity index is 335. The molecule has 7 heteroatoms. The minimum Gasteiger partial charge on any atom is -0.382 e. The number of amides is 1. The summed E-state index contributed by atoms with van der Waals surface area (Å²) in [5.74, 6) is 0.0888. The van der Waals surface area contributed by atoms with Gasteiger partial charge in [0.15, 0.2) is 6.10 Å². The Morgan fingerprint density at radius 2 is 1.70 bits per heavy atom. The van der Waals surface area contributed by atoms with Crippen molar-refractivity contribution in [2.24, 2.45) is 5.92 Å². The van der Waals surface area contributed by atoms with Gasteiger partial charge in [-0.2, -0.15) is 13.2 Å². The average Bonchev–Trinajstić information content (AvgIpc) is 2.91. The molecular weight excluding hydrogens is 273 g/mol. The lowest BCUT2D eigenvalue weighted by Gasteiger charge is -2.34. The number of likely N-dealkylation sites (tertiary alicyclic amines) is 2. The van der Waals surface area contributed by atoms with Gasteiger partial charge in [0.25, 0.3) is 0 Å². The van der Waals surface area contributed by atoms with Crippen LogP contribution in [0.4, 0.5) is 13.2 Å². The highest BCUT2D eigenvalue weighted by Gasteiger charge is 2.40. The van der Waals surface area contributed by atoms with Crippen molar-refractivity contribution in [3.63, 3.8) is 0 Å². The van der Waals surface area contributed by atoms with Crippen molar-refractivity contribution in [2.45, 2.75) is 38.0 Å². The molecule has 2 aliphatic heterocycles. The van der Waals surface area contributed by atoms with Gasteiger partial charge in [-0.3, -0.25) is 4.79 Å². The summed E-state index contributed by atoms with van der Waals surface area (Å²) in [5, 5.41) is 9.04. The molecule has 0 aliphatic carbocycles. The Morgan fingerprint density at radius 3 is 2.20 bits per heavy atom. The van der Waals surface area contributed by atoms with Crippen molar-refractivity contribution in [1.29, 1.82) is 0 Å². The van der Waals surface area contributed by atoms with Crippen LogP contribution >= 0.6 is 0 Å². The summed E-state index contributed by atoms with van der Waals surface area (Å²) in [6.07, 6.45) is -3.61. The Labute approximate surface area is 116 Å². The van der Waals surface area contributed by atoms with Gasteiger partial charge >= 0.3 is 6.18 Å². The topological polar surface area (TPSA) is 43.8 Å². The van der Waals surface area contributed by atoms with Crippen LogP contribution in [0.2, 0.25) is 0 Å². The summed E-state index contributed by atoms with van der Waals surface area (Å²) in [7, 11) is 0. The molecule has 2 aliphatic rings. The first kappa shape index (κ1) is 15.6. The smallest absolute Gasteiger partial charge is 0.382 e. The second-order valence-electron chi connectivity index (χ2n) is 5.66. The molecule has 0 aromatic carbocycles. The van der Waals surface area contributed by atoms with Crippen LogP contribution in [0.1, 0.15) is 25.7 Å². The van der Waals surface area contributed by atoms with Gasteiger partial charge in [-0.25, -0.2) is 0 Å². The number of nitrogens with zero attached hydrogens (tertiary/aromatic N) is 2. The average molecular weight is 294 g/mol. The summed E-state index contributed by atoms with van der Waals surface area (Å²) in [5.41, 5.74) is 0. The molecule has 2 fully saturated rings. The number of carbonyl (C=O) groups is 1. The van der Waals surface area contributed by atoms with E-state index in [1.165, 1.54) is 0 Å². The van der Waals surface area contributed by atoms with Crippen molar-refractivity contribution in [1.82, 2.24) is 9.80 Å². The fourth-order valence-corrected chi connectivity index (χ4v) is 2.91. The van der Waals surface area contributed by atoms with Gasteiger partial charge in [0.1, 0.15) is 0 Å². The number of hydrogen-bond donors (Lipinski definition) is 1. The van der Waals surface area contributed by atoms with Crippen LogP contribution in [-0.4, -0.2) is 65.8 Å². The number of halogens is 3. The molecule has 2 saturated heterocycles. The van der Waals surface area contributed by atoms with Crippen LogP contribution in [0, 0.1) is 5.92 Å². The summed E-state index contributed by atoms with van der Waals surface area (Å²) in [6.45, 7) is 2.11. The van der Waals surface area contributed by atoms with Crippen LogP contribution in [-0.2, 0) is 4.79 Å². The van der Waals surface area contributed by atoms with E-state index in [9.17, 15) is 18.0 Å². The lowest BCUT2D eigenvalue weighted by atomic mass is 9.95. The normalized spacial score (nSPS) is 24.1. The standard InChI is InChI=1S/C13H21F3N2O2/c14-13(15,16)11(19)9-17-7-3-10(4-8-17)12(20)18-5-1-2-6-18/h10-11,19H,1-9H2/t11-/m0/s1. The Hall–Kier alpha value is -0.820. The molecule has 0 spiro atoms. The molecule has 4 nitrogen and oxygen atoms in total. The van der Waals surface area contributed by atoms with E-state index in [1.54, 1.807) is 4.90 Å². The first-order valence-corrected chi connectivity index (χ1v) is 7.14. The lowest BCUT2D eigenvalue weighted by Crippen LogP contribution is -2.46. The molecule has 1 N–H and O–H groups in total. The van der Waals surface area contributed by atoms with Crippen LogP contribution in [0.3, 0.4) is 0 Å². The number of hydrogen-bond acceptors (Lipinski definition) is 3. The molecule has 116 valence electrons. The van der Waals surface area contributed by atoms with E-state index in [0.717, 1.165) is 25.9 Å². The minimum atomic E-state index is -4.57. The first-order valence-electron chi connectivity index (χ1n) is 7.14. The number of β-amino-alcohol motifs (C(OH)–C–C–N with tert-alkyl or cyclic N) is 1. The maximum atomic E-state index is 12.3. The van der Waals surface area contributed by atoms with Gasteiger partial charge < -0.3 is 14.9 Å². The fourth-order valence-electron chi connectivity index (χ4n) is 2.91. The van der Waals surface area contributed by atoms with Crippen molar-refractivity contribution >= 4 is 5.91 Å². The lowest BCUT2D eigenvalue weighted by molar-refractivity contribution is -0.208. The van der Waals surface area contributed by atoms with E-state index >= 15 is 0 Å². The molecule has 20 heavy (non-hydrogen) atoms. The predicted octanol–water partition coefficient (Wildman–Crippen LogP) is 1.24. The quantitative estimate of drug-likeness (QED) is 0.852. The van der Waals surface area contributed by atoms with Gasteiger partial charge in [-0.05, 0) is 38.8 Å². The van der Waals surface area contributed by atoms with Crippen molar-refractivity contribution in [3.05, 3.63) is 0 Å². The number of carbonyl (C=O) groups excluding carboxylic acids is 1. The van der Waals surface area contributed by atoms with Crippen molar-refractivity contribution in [2.75, 3.05) is 32.7 Å². The fraction of sp³-hybridized carbons (Fsp3) is 0.923. The van der Waals surface area contributed by atoms with Crippen LogP contribution < -0.4 is 0 Å². The number of aliphatic hydroxyl groups is 1. The molecule has 0 bridgehead atoms. The number of piperidine rings is 1. The molecular formula is C13H21F3N2O2. The highest BCUT2D eigenvalue weighted by molar-refractivity contribution is 5.79. The molecule has 0 radical (unpaired) electrons. The monoisotopic (exact) mass is 294 g/mol. The highest BCUT2D eigenvalue weighted by Crippen LogP contribution is 2.25. The zero-order valence-corrected chi connectivity index (χ0v) is 11.4. The minimum absolute atomic E-state index is 0.0626. The second kappa shape index (κ2) is 6.30. The second-order valence-corrected chi connectivity index (χ2v) is 5.66. The molecule has 1 amide bonds. The third-order valence-electron chi connectivity index (χ3n) is 4.16. The van der Waals surface area contributed by atoms with E-state index in [4.69, 9.17) is 5.11 Å². The number of rotatable bonds is 3. The molecule has 2 rings (SSSR count). The predicted molar refractivity (Wildman–Crippen MR) is 67.0 cm³/mol. The van der Waals surface area contributed by atoms with Crippen LogP contribution in [0.15, 0.2) is 0 Å².